The molecule has 0 aliphatic carbocycles. The van der Waals surface area contributed by atoms with E-state index in [2.05, 4.69) is 36.7 Å². The van der Waals surface area contributed by atoms with Crippen molar-refractivity contribution < 1.29 is 14.4 Å². The Balaban J connectivity index is 1.29. The average Bonchev–Trinajstić information content (AvgIpc) is 3.56. The van der Waals surface area contributed by atoms with Crippen molar-refractivity contribution in [3.05, 3.63) is 84.7 Å². The van der Waals surface area contributed by atoms with Crippen molar-refractivity contribution in [3.8, 4) is 5.69 Å². The van der Waals surface area contributed by atoms with Gasteiger partial charge in [0, 0.05) is 42.2 Å². The van der Waals surface area contributed by atoms with Gasteiger partial charge in [-0.25, -0.2) is 9.67 Å². The largest absolute Gasteiger partial charge is 0.337 e. The number of anilines is 1. The molecule has 0 atom stereocenters. The molecule has 4 aromatic rings. The molecule has 0 spiro atoms. The standard InChI is InChI=1S/C21H19N9O3/c31-19(8-10-29-11-9-22-13-29)24-17-3-1-2-16(12-17)21(33)26-25-20(32)15-4-6-18(7-5-15)30-14-23-27-28-30/h1-7,9,11-14H,8,10H2,(H,24,31)(H,25,32)(H,26,33). The minimum Gasteiger partial charge on any atom is -0.337 e. The summed E-state index contributed by atoms with van der Waals surface area (Å²) in [4.78, 5) is 40.8. The molecule has 3 N–H and O–H groups in total. The molecule has 0 saturated carbocycles. The third-order valence-corrected chi connectivity index (χ3v) is 4.60. The fraction of sp³-hybridized carbons (Fsp3) is 0.0952. The van der Waals surface area contributed by atoms with Crippen LogP contribution in [0.1, 0.15) is 27.1 Å². The number of benzene rings is 2. The van der Waals surface area contributed by atoms with Gasteiger partial charge in [-0.05, 0) is 52.9 Å². The normalized spacial score (nSPS) is 10.4. The van der Waals surface area contributed by atoms with Gasteiger partial charge < -0.3 is 9.88 Å². The van der Waals surface area contributed by atoms with Crippen LogP contribution in [0.5, 0.6) is 0 Å². The Labute approximate surface area is 187 Å². The number of hydrogen-bond acceptors (Lipinski definition) is 7. The molecule has 2 aromatic carbocycles. The second kappa shape index (κ2) is 9.96. The number of aryl methyl sites for hydroxylation is 1. The molecule has 33 heavy (non-hydrogen) atoms. The average molecular weight is 445 g/mol. The molecule has 166 valence electrons. The highest BCUT2D eigenvalue weighted by Gasteiger charge is 2.11. The zero-order valence-corrected chi connectivity index (χ0v) is 17.3. The lowest BCUT2D eigenvalue weighted by molar-refractivity contribution is -0.116. The van der Waals surface area contributed by atoms with Gasteiger partial charge in [0.05, 0.1) is 12.0 Å². The van der Waals surface area contributed by atoms with E-state index in [1.807, 2.05) is 0 Å². The van der Waals surface area contributed by atoms with Crippen LogP contribution in [-0.4, -0.2) is 47.5 Å². The van der Waals surface area contributed by atoms with E-state index in [-0.39, 0.29) is 17.9 Å². The number of carbonyl (C=O) groups excluding carboxylic acids is 3. The minimum atomic E-state index is -0.525. The maximum absolute atomic E-state index is 12.4. The Bertz CT molecular complexity index is 1240. The van der Waals surface area contributed by atoms with Gasteiger partial charge in [0.25, 0.3) is 11.8 Å². The molecule has 0 bridgehead atoms. The summed E-state index contributed by atoms with van der Waals surface area (Å²) >= 11 is 0. The van der Waals surface area contributed by atoms with Gasteiger partial charge in [-0.1, -0.05) is 6.07 Å². The van der Waals surface area contributed by atoms with E-state index in [9.17, 15) is 14.4 Å². The van der Waals surface area contributed by atoms with E-state index < -0.39 is 11.8 Å². The van der Waals surface area contributed by atoms with Crippen molar-refractivity contribution in [2.45, 2.75) is 13.0 Å². The van der Waals surface area contributed by atoms with E-state index in [0.717, 1.165) is 0 Å². The highest BCUT2D eigenvalue weighted by Crippen LogP contribution is 2.11. The van der Waals surface area contributed by atoms with E-state index in [4.69, 9.17) is 0 Å². The maximum atomic E-state index is 12.4. The van der Waals surface area contributed by atoms with Crippen LogP contribution in [0, 0.1) is 0 Å². The number of tetrazole rings is 1. The summed E-state index contributed by atoms with van der Waals surface area (Å²) in [5.74, 6) is -1.21. The van der Waals surface area contributed by atoms with Crippen LogP contribution in [0.4, 0.5) is 5.69 Å². The van der Waals surface area contributed by atoms with Crippen LogP contribution >= 0.6 is 0 Å². The number of imidazole rings is 1. The smallest absolute Gasteiger partial charge is 0.269 e. The molecule has 0 radical (unpaired) electrons. The first-order chi connectivity index (χ1) is 16.1. The predicted molar refractivity (Wildman–Crippen MR) is 116 cm³/mol. The van der Waals surface area contributed by atoms with Crippen molar-refractivity contribution in [1.29, 1.82) is 0 Å². The van der Waals surface area contributed by atoms with Crippen molar-refractivity contribution in [3.63, 3.8) is 0 Å². The Kier molecular flexibility index (Phi) is 6.45. The summed E-state index contributed by atoms with van der Waals surface area (Å²) in [6.07, 6.45) is 6.75. The first-order valence-electron chi connectivity index (χ1n) is 9.88. The fourth-order valence-electron chi connectivity index (χ4n) is 2.91. The SMILES string of the molecule is O=C(CCn1ccnc1)Nc1cccc(C(=O)NNC(=O)c2ccc(-n3cnnn3)cc2)c1. The number of hydrogen-bond donors (Lipinski definition) is 3. The zero-order valence-electron chi connectivity index (χ0n) is 17.3. The summed E-state index contributed by atoms with van der Waals surface area (Å²) in [7, 11) is 0. The van der Waals surface area contributed by atoms with Gasteiger partial charge in [-0.2, -0.15) is 0 Å². The summed E-state index contributed by atoms with van der Waals surface area (Å²) in [5.41, 5.74) is 6.50. The second-order valence-corrected chi connectivity index (χ2v) is 6.89. The van der Waals surface area contributed by atoms with Crippen LogP contribution in [0.3, 0.4) is 0 Å². The molecular weight excluding hydrogens is 426 g/mol. The summed E-state index contributed by atoms with van der Waals surface area (Å²) < 4.78 is 3.25. The molecule has 2 aromatic heterocycles. The number of nitrogens with one attached hydrogen (secondary N) is 3. The molecule has 0 saturated heterocycles. The van der Waals surface area contributed by atoms with Crippen molar-refractivity contribution in [2.24, 2.45) is 0 Å². The van der Waals surface area contributed by atoms with Crippen LogP contribution in [-0.2, 0) is 11.3 Å². The Hall–Kier alpha value is -4.87. The Morgan fingerprint density at radius 2 is 1.70 bits per heavy atom. The summed E-state index contributed by atoms with van der Waals surface area (Å²) in [5, 5.41) is 13.6. The van der Waals surface area contributed by atoms with E-state index in [1.165, 1.54) is 17.1 Å². The van der Waals surface area contributed by atoms with Crippen molar-refractivity contribution in [2.75, 3.05) is 5.32 Å². The van der Waals surface area contributed by atoms with Gasteiger partial charge in [0.2, 0.25) is 5.91 Å². The third kappa shape index (κ3) is 5.64. The molecule has 2 heterocycles. The Morgan fingerprint density at radius 1 is 0.909 bits per heavy atom. The Morgan fingerprint density at radius 3 is 2.39 bits per heavy atom. The molecular formula is C21H19N9O3. The lowest BCUT2D eigenvalue weighted by Crippen LogP contribution is -2.41. The fourth-order valence-corrected chi connectivity index (χ4v) is 2.91. The van der Waals surface area contributed by atoms with Gasteiger partial charge >= 0.3 is 0 Å². The molecule has 0 fully saturated rings. The molecule has 12 heteroatoms. The zero-order chi connectivity index (χ0) is 23.0. The topological polar surface area (TPSA) is 149 Å². The van der Waals surface area contributed by atoms with E-state index >= 15 is 0 Å². The molecule has 0 aliphatic heterocycles. The van der Waals surface area contributed by atoms with Crippen LogP contribution in [0.2, 0.25) is 0 Å². The highest BCUT2D eigenvalue weighted by molar-refractivity contribution is 6.00. The monoisotopic (exact) mass is 445 g/mol. The van der Waals surface area contributed by atoms with E-state index in [1.54, 1.807) is 65.8 Å². The van der Waals surface area contributed by atoms with Crippen LogP contribution in [0.25, 0.3) is 5.69 Å². The summed E-state index contributed by atoms with van der Waals surface area (Å²) in [6.45, 7) is 0.495. The minimum absolute atomic E-state index is 0.195. The molecule has 0 unspecified atom stereocenters. The molecule has 3 amide bonds. The van der Waals surface area contributed by atoms with Crippen molar-refractivity contribution >= 4 is 23.4 Å². The highest BCUT2D eigenvalue weighted by atomic mass is 16.2. The number of carbonyl (C=O) groups is 3. The van der Waals surface area contributed by atoms with Gasteiger partial charge in [-0.3, -0.25) is 25.2 Å². The maximum Gasteiger partial charge on any atom is 0.269 e. The van der Waals surface area contributed by atoms with Crippen LogP contribution in [0.15, 0.2) is 73.6 Å². The summed E-state index contributed by atoms with van der Waals surface area (Å²) in [6, 6.07) is 12.9. The number of aromatic nitrogens is 6. The molecule has 4 rings (SSSR count). The lowest BCUT2D eigenvalue weighted by Gasteiger charge is -2.10. The van der Waals surface area contributed by atoms with E-state index in [0.29, 0.717) is 23.5 Å². The quantitative estimate of drug-likeness (QED) is 0.359. The van der Waals surface area contributed by atoms with Crippen LogP contribution < -0.4 is 16.2 Å². The predicted octanol–water partition coefficient (Wildman–Crippen LogP) is 0.962. The molecule has 12 nitrogen and oxygen atoms in total. The third-order valence-electron chi connectivity index (χ3n) is 4.60. The van der Waals surface area contributed by atoms with Gasteiger partial charge in [-0.15, -0.1) is 5.10 Å². The first kappa shape index (κ1) is 21.4. The number of hydrazine groups is 1. The van der Waals surface area contributed by atoms with Gasteiger partial charge in [0.1, 0.15) is 6.33 Å². The number of nitrogens with zero attached hydrogens (tertiary/aromatic N) is 6. The number of amides is 3. The molecule has 0 aliphatic rings. The first-order valence-corrected chi connectivity index (χ1v) is 9.88. The number of rotatable bonds is 7. The van der Waals surface area contributed by atoms with Gasteiger partial charge in [0.15, 0.2) is 0 Å². The van der Waals surface area contributed by atoms with Crippen molar-refractivity contribution in [1.82, 2.24) is 40.6 Å². The second-order valence-electron chi connectivity index (χ2n) is 6.89. The lowest BCUT2D eigenvalue weighted by atomic mass is 10.2.